The van der Waals surface area contributed by atoms with E-state index < -0.39 is 28.1 Å². The average molecular weight is 318 g/mol. The van der Waals surface area contributed by atoms with Crippen LogP contribution >= 0.6 is 23.2 Å². The summed E-state index contributed by atoms with van der Waals surface area (Å²) in [7, 11) is 0. The van der Waals surface area contributed by atoms with Crippen LogP contribution in [0.1, 0.15) is 10.4 Å². The molecule has 0 radical (unpaired) electrons. The van der Waals surface area contributed by atoms with Crippen molar-refractivity contribution in [1.82, 2.24) is 0 Å². The Bertz CT molecular complexity index is 692. The van der Waals surface area contributed by atoms with Crippen LogP contribution in [0.2, 0.25) is 10.0 Å². The van der Waals surface area contributed by atoms with Gasteiger partial charge in [-0.05, 0) is 24.3 Å². The van der Waals surface area contributed by atoms with E-state index in [1.165, 1.54) is 18.2 Å². The first-order valence-electron chi connectivity index (χ1n) is 5.33. The van der Waals surface area contributed by atoms with Crippen molar-refractivity contribution in [1.29, 1.82) is 0 Å². The molecule has 0 saturated carbocycles. The lowest BCUT2D eigenvalue weighted by atomic mass is 10.2. The minimum atomic E-state index is -0.955. The van der Waals surface area contributed by atoms with Crippen LogP contribution in [-0.4, -0.2) is 11.0 Å². The first kappa shape index (κ1) is 14.6. The van der Waals surface area contributed by atoms with E-state index in [2.05, 4.69) is 5.32 Å². The van der Waals surface area contributed by atoms with Gasteiger partial charge in [-0.2, -0.15) is 0 Å². The molecule has 2 N–H and O–H groups in total. The summed E-state index contributed by atoms with van der Waals surface area (Å²) in [6, 6.07) is 5.24. The summed E-state index contributed by atoms with van der Waals surface area (Å²) in [5, 5.41) is 11.1. The Balaban J connectivity index is 2.31. The number of aromatic hydroxyl groups is 1. The number of hydrogen-bond donors (Lipinski definition) is 2. The number of benzene rings is 2. The molecule has 0 aliphatic rings. The Morgan fingerprint density at radius 2 is 1.75 bits per heavy atom. The first-order chi connectivity index (χ1) is 9.38. The highest BCUT2D eigenvalue weighted by atomic mass is 35.5. The number of rotatable bonds is 2. The monoisotopic (exact) mass is 317 g/mol. The number of nitrogens with one attached hydrogen (secondary N) is 1. The molecule has 20 heavy (non-hydrogen) atoms. The molecular weight excluding hydrogens is 311 g/mol. The lowest BCUT2D eigenvalue weighted by Crippen LogP contribution is -2.14. The minimum absolute atomic E-state index is 0.0631. The number of anilines is 1. The van der Waals surface area contributed by atoms with Gasteiger partial charge in [0.1, 0.15) is 17.4 Å². The highest BCUT2D eigenvalue weighted by molar-refractivity contribution is 6.34. The van der Waals surface area contributed by atoms with Gasteiger partial charge in [0.05, 0.1) is 21.3 Å². The Morgan fingerprint density at radius 3 is 2.40 bits per heavy atom. The van der Waals surface area contributed by atoms with E-state index in [-0.39, 0.29) is 16.5 Å². The average Bonchev–Trinajstić information content (AvgIpc) is 2.37. The topological polar surface area (TPSA) is 49.3 Å². The molecule has 104 valence electrons. The van der Waals surface area contributed by atoms with Gasteiger partial charge in [-0.15, -0.1) is 0 Å². The summed E-state index contributed by atoms with van der Waals surface area (Å²) in [6.45, 7) is 0. The van der Waals surface area contributed by atoms with Gasteiger partial charge < -0.3 is 10.4 Å². The third kappa shape index (κ3) is 3.00. The normalized spacial score (nSPS) is 10.4. The fourth-order valence-electron chi connectivity index (χ4n) is 1.49. The zero-order chi connectivity index (χ0) is 14.9. The van der Waals surface area contributed by atoms with E-state index in [1.807, 2.05) is 0 Å². The molecule has 0 bridgehead atoms. The number of carbonyl (C=O) groups is 1. The van der Waals surface area contributed by atoms with Crippen LogP contribution < -0.4 is 5.32 Å². The standard InChI is InChI=1S/C13H7Cl2F2NO2/c14-8-5-10(16)7(4-11(8)17)13(20)18-12-2-1-6(19)3-9(12)15/h1-5,19H,(H,18,20). The quantitative estimate of drug-likeness (QED) is 0.643. The Labute approximate surface area is 122 Å². The van der Waals surface area contributed by atoms with E-state index in [1.54, 1.807) is 0 Å². The number of hydrogen-bond acceptors (Lipinski definition) is 2. The minimum Gasteiger partial charge on any atom is -0.508 e. The molecule has 7 heteroatoms. The van der Waals surface area contributed by atoms with Gasteiger partial charge in [0.15, 0.2) is 0 Å². The van der Waals surface area contributed by atoms with Crippen LogP contribution in [0.3, 0.4) is 0 Å². The predicted octanol–water partition coefficient (Wildman–Crippen LogP) is 4.23. The maximum atomic E-state index is 13.6. The molecule has 0 heterocycles. The molecule has 0 aliphatic carbocycles. The molecule has 0 aliphatic heterocycles. The zero-order valence-corrected chi connectivity index (χ0v) is 11.3. The molecule has 0 fully saturated rings. The Hall–Kier alpha value is -1.85. The fraction of sp³-hybridized carbons (Fsp3) is 0. The van der Waals surface area contributed by atoms with Gasteiger partial charge in [-0.1, -0.05) is 23.2 Å². The molecule has 2 aromatic carbocycles. The maximum absolute atomic E-state index is 13.6. The van der Waals surface area contributed by atoms with E-state index in [0.29, 0.717) is 12.1 Å². The van der Waals surface area contributed by atoms with Crippen molar-refractivity contribution in [3.63, 3.8) is 0 Å². The Kier molecular flexibility index (Phi) is 4.11. The number of phenols is 1. The summed E-state index contributed by atoms with van der Waals surface area (Å²) in [6.07, 6.45) is 0. The number of amides is 1. The number of halogens is 4. The van der Waals surface area contributed by atoms with E-state index in [4.69, 9.17) is 23.2 Å². The highest BCUT2D eigenvalue weighted by Crippen LogP contribution is 2.27. The van der Waals surface area contributed by atoms with Crippen molar-refractivity contribution >= 4 is 34.8 Å². The second-order valence-corrected chi connectivity index (χ2v) is 4.68. The second-order valence-electron chi connectivity index (χ2n) is 3.86. The third-order valence-electron chi connectivity index (χ3n) is 2.46. The molecule has 0 unspecified atom stereocenters. The third-order valence-corrected chi connectivity index (χ3v) is 3.06. The van der Waals surface area contributed by atoms with Gasteiger partial charge in [0, 0.05) is 6.07 Å². The summed E-state index contributed by atoms with van der Waals surface area (Å²) in [5.74, 6) is -2.83. The van der Waals surface area contributed by atoms with Crippen LogP contribution in [-0.2, 0) is 0 Å². The van der Waals surface area contributed by atoms with Crippen molar-refractivity contribution in [3.8, 4) is 5.75 Å². The first-order valence-corrected chi connectivity index (χ1v) is 6.08. The van der Waals surface area contributed by atoms with Crippen molar-refractivity contribution < 1.29 is 18.7 Å². The largest absolute Gasteiger partial charge is 0.508 e. The summed E-state index contributed by atoms with van der Waals surface area (Å²) in [4.78, 5) is 11.9. The zero-order valence-electron chi connectivity index (χ0n) is 9.75. The van der Waals surface area contributed by atoms with Crippen molar-refractivity contribution in [2.75, 3.05) is 5.32 Å². The van der Waals surface area contributed by atoms with Crippen LogP contribution in [0.5, 0.6) is 5.75 Å². The second kappa shape index (κ2) is 5.64. The summed E-state index contributed by atoms with van der Waals surface area (Å²) < 4.78 is 26.8. The van der Waals surface area contributed by atoms with Gasteiger partial charge in [0.25, 0.3) is 5.91 Å². The van der Waals surface area contributed by atoms with Crippen molar-refractivity contribution in [2.24, 2.45) is 0 Å². The van der Waals surface area contributed by atoms with Crippen molar-refractivity contribution in [2.45, 2.75) is 0 Å². The highest BCUT2D eigenvalue weighted by Gasteiger charge is 2.16. The smallest absolute Gasteiger partial charge is 0.258 e. The summed E-state index contributed by atoms with van der Waals surface area (Å²) in [5.41, 5.74) is -0.347. The van der Waals surface area contributed by atoms with Crippen LogP contribution in [0.25, 0.3) is 0 Å². The van der Waals surface area contributed by atoms with Gasteiger partial charge in [0.2, 0.25) is 0 Å². The van der Waals surface area contributed by atoms with Crippen LogP contribution in [0, 0.1) is 11.6 Å². The van der Waals surface area contributed by atoms with E-state index in [9.17, 15) is 18.7 Å². The molecule has 0 atom stereocenters. The fourth-order valence-corrected chi connectivity index (χ4v) is 1.86. The molecule has 0 saturated heterocycles. The van der Waals surface area contributed by atoms with E-state index >= 15 is 0 Å². The van der Waals surface area contributed by atoms with Gasteiger partial charge in [-0.25, -0.2) is 8.78 Å². The lowest BCUT2D eigenvalue weighted by molar-refractivity contribution is 0.102. The van der Waals surface area contributed by atoms with Crippen molar-refractivity contribution in [3.05, 3.63) is 57.6 Å². The summed E-state index contributed by atoms with van der Waals surface area (Å²) >= 11 is 11.2. The van der Waals surface area contributed by atoms with Crippen LogP contribution in [0.4, 0.5) is 14.5 Å². The van der Waals surface area contributed by atoms with Crippen LogP contribution in [0.15, 0.2) is 30.3 Å². The van der Waals surface area contributed by atoms with Gasteiger partial charge in [-0.3, -0.25) is 4.79 Å². The molecule has 2 rings (SSSR count). The molecule has 1 amide bonds. The molecular formula is C13H7Cl2F2NO2. The molecule has 0 spiro atoms. The maximum Gasteiger partial charge on any atom is 0.258 e. The Morgan fingerprint density at radius 1 is 1.05 bits per heavy atom. The predicted molar refractivity (Wildman–Crippen MR) is 72.4 cm³/mol. The lowest BCUT2D eigenvalue weighted by Gasteiger charge is -2.08. The molecule has 0 aromatic heterocycles. The van der Waals surface area contributed by atoms with E-state index in [0.717, 1.165) is 0 Å². The SMILES string of the molecule is O=C(Nc1ccc(O)cc1Cl)c1cc(F)c(Cl)cc1F. The molecule has 3 nitrogen and oxygen atoms in total. The molecule has 2 aromatic rings. The number of carbonyl (C=O) groups excluding carboxylic acids is 1. The number of phenolic OH excluding ortho intramolecular Hbond substituents is 1. The van der Waals surface area contributed by atoms with Gasteiger partial charge >= 0.3 is 0 Å².